The van der Waals surface area contributed by atoms with Crippen LogP contribution in [0.2, 0.25) is 5.02 Å². The van der Waals surface area contributed by atoms with Gasteiger partial charge in [-0.1, -0.05) is 11.6 Å². The number of Topliss-reactive ketones (excluding diaryl/α,β-unsaturated/α-hetero) is 1. The maximum atomic E-state index is 14.4. The van der Waals surface area contributed by atoms with Gasteiger partial charge in [0.1, 0.15) is 23.0 Å². The average Bonchev–Trinajstić information content (AvgIpc) is 3.25. The molecule has 0 amide bonds. The Morgan fingerprint density at radius 2 is 1.81 bits per heavy atom. The molecule has 0 atom stereocenters. The first-order chi connectivity index (χ1) is 17.7. The quantitative estimate of drug-likeness (QED) is 0.282. The van der Waals surface area contributed by atoms with Crippen molar-refractivity contribution in [1.29, 1.82) is 0 Å². The molecule has 5 aromatic rings. The Morgan fingerprint density at radius 1 is 1.05 bits per heavy atom. The van der Waals surface area contributed by atoms with Crippen LogP contribution >= 0.6 is 11.6 Å². The lowest BCUT2D eigenvalue weighted by atomic mass is 10.1. The Kier molecular flexibility index (Phi) is 6.31. The highest BCUT2D eigenvalue weighted by Gasteiger charge is 2.20. The number of carbonyl (C=O) groups is 1. The van der Waals surface area contributed by atoms with Gasteiger partial charge in [-0.25, -0.2) is 18.4 Å². The van der Waals surface area contributed by atoms with Crippen LogP contribution in [0, 0.1) is 25.5 Å². The van der Waals surface area contributed by atoms with Crippen molar-refractivity contribution in [3.63, 3.8) is 0 Å². The number of aromatic nitrogens is 4. The molecule has 0 aliphatic heterocycles. The second-order valence-electron chi connectivity index (χ2n) is 8.34. The van der Waals surface area contributed by atoms with Crippen molar-refractivity contribution in [3.05, 3.63) is 111 Å². The molecule has 3 aromatic heterocycles. The van der Waals surface area contributed by atoms with Gasteiger partial charge < -0.3 is 4.74 Å². The molecule has 10 heteroatoms. The molecule has 37 heavy (non-hydrogen) atoms. The third kappa shape index (κ3) is 4.61. The maximum absolute atomic E-state index is 14.4. The van der Waals surface area contributed by atoms with Gasteiger partial charge in [-0.05, 0) is 68.4 Å². The number of halogens is 3. The Balaban J connectivity index is 1.51. The number of pyridine rings is 1. The van der Waals surface area contributed by atoms with Crippen molar-refractivity contribution in [2.75, 3.05) is 6.61 Å². The first-order valence-corrected chi connectivity index (χ1v) is 11.6. The van der Waals surface area contributed by atoms with E-state index in [9.17, 15) is 18.4 Å². The summed E-state index contributed by atoms with van der Waals surface area (Å²) in [5.74, 6) is -1.28. The predicted octanol–water partition coefficient (Wildman–Crippen LogP) is 5.36. The molecular formula is C27H19ClF2N4O3. The largest absolute Gasteiger partial charge is 0.482 e. The lowest BCUT2D eigenvalue weighted by Crippen LogP contribution is -2.20. The number of aryl methyl sites for hydroxylation is 2. The summed E-state index contributed by atoms with van der Waals surface area (Å²) in [4.78, 5) is 30.5. The molecule has 5 rings (SSSR count). The van der Waals surface area contributed by atoms with Crippen molar-refractivity contribution in [3.8, 4) is 22.7 Å². The molecule has 0 aliphatic rings. The van der Waals surface area contributed by atoms with E-state index < -0.39 is 17.2 Å². The van der Waals surface area contributed by atoms with Crippen LogP contribution in [-0.4, -0.2) is 31.6 Å². The second-order valence-corrected chi connectivity index (χ2v) is 8.78. The monoisotopic (exact) mass is 520 g/mol. The summed E-state index contributed by atoms with van der Waals surface area (Å²) >= 11 is 5.87. The van der Waals surface area contributed by atoms with Crippen molar-refractivity contribution in [2.45, 2.75) is 13.8 Å². The van der Waals surface area contributed by atoms with Gasteiger partial charge in [0, 0.05) is 28.5 Å². The summed E-state index contributed by atoms with van der Waals surface area (Å²) in [6, 6.07) is 14.3. The molecule has 0 radical (unpaired) electrons. The number of carbonyl (C=O) groups excluding carboxylic acids is 1. The average molecular weight is 521 g/mol. The van der Waals surface area contributed by atoms with E-state index in [4.69, 9.17) is 16.3 Å². The van der Waals surface area contributed by atoms with Crippen LogP contribution in [-0.2, 0) is 0 Å². The van der Waals surface area contributed by atoms with Gasteiger partial charge in [0.15, 0.2) is 23.8 Å². The van der Waals surface area contributed by atoms with Crippen molar-refractivity contribution in [1.82, 2.24) is 19.2 Å². The van der Waals surface area contributed by atoms with Gasteiger partial charge in [-0.3, -0.25) is 14.0 Å². The van der Waals surface area contributed by atoms with Gasteiger partial charge in [-0.15, -0.1) is 0 Å². The molecule has 2 aromatic carbocycles. The lowest BCUT2D eigenvalue weighted by Gasteiger charge is -2.11. The van der Waals surface area contributed by atoms with E-state index >= 15 is 0 Å². The number of hydrogen-bond donors (Lipinski definition) is 0. The van der Waals surface area contributed by atoms with Gasteiger partial charge in [0.05, 0.1) is 11.3 Å². The summed E-state index contributed by atoms with van der Waals surface area (Å²) in [6.45, 7) is 3.05. The smallest absolute Gasteiger partial charge is 0.267 e. The molecular weight excluding hydrogens is 502 g/mol. The molecule has 0 spiro atoms. The van der Waals surface area contributed by atoms with E-state index in [1.807, 2.05) is 0 Å². The molecule has 7 nitrogen and oxygen atoms in total. The number of hydrogen-bond acceptors (Lipinski definition) is 5. The second kappa shape index (κ2) is 9.59. The fourth-order valence-corrected chi connectivity index (χ4v) is 4.13. The minimum absolute atomic E-state index is 0.0729. The van der Waals surface area contributed by atoms with Gasteiger partial charge in [0.25, 0.3) is 5.56 Å². The van der Waals surface area contributed by atoms with Crippen molar-refractivity contribution < 1.29 is 18.3 Å². The topological polar surface area (TPSA) is 78.5 Å². The summed E-state index contributed by atoms with van der Waals surface area (Å²) < 4.78 is 36.4. The van der Waals surface area contributed by atoms with E-state index in [2.05, 4.69) is 10.1 Å². The number of fused-ring (bicyclic) bond motifs is 1. The third-order valence-electron chi connectivity index (χ3n) is 5.80. The number of benzene rings is 2. The number of ketones is 1. The van der Waals surface area contributed by atoms with Crippen LogP contribution in [0.4, 0.5) is 8.78 Å². The molecule has 0 fully saturated rings. The van der Waals surface area contributed by atoms with Crippen molar-refractivity contribution in [2.24, 2.45) is 0 Å². The van der Waals surface area contributed by atoms with E-state index in [1.54, 1.807) is 56.3 Å². The molecule has 0 aliphatic carbocycles. The Hall–Kier alpha value is -4.37. The lowest BCUT2D eigenvalue weighted by molar-refractivity contribution is 0.0922. The van der Waals surface area contributed by atoms with E-state index in [1.165, 1.54) is 15.3 Å². The zero-order valence-electron chi connectivity index (χ0n) is 19.7. The molecule has 0 bridgehead atoms. The zero-order valence-corrected chi connectivity index (χ0v) is 20.5. The minimum atomic E-state index is -0.654. The van der Waals surface area contributed by atoms with Gasteiger partial charge in [-0.2, -0.15) is 5.10 Å². The first-order valence-electron chi connectivity index (χ1n) is 11.2. The molecule has 0 saturated carbocycles. The normalized spacial score (nSPS) is 11.2. The van der Waals surface area contributed by atoms with Crippen LogP contribution in [0.25, 0.3) is 22.6 Å². The third-order valence-corrected chi connectivity index (χ3v) is 6.06. The van der Waals surface area contributed by atoms with E-state index in [-0.39, 0.29) is 40.7 Å². The standard InChI is InChI=1S/C27H19ClF2N4O3/c1-15-12-21(32-34(15)22-13-19(29)9-10-20(22)30)25-16(2)31-26-24(4-3-11-33(26)27(25)36)37-14-23(35)17-5-7-18(28)8-6-17/h3-13H,14H2,1-2H3. The van der Waals surface area contributed by atoms with Crippen LogP contribution in [0.3, 0.4) is 0 Å². The fraction of sp³-hybridized carbons (Fsp3) is 0.111. The summed E-state index contributed by atoms with van der Waals surface area (Å²) in [6.07, 6.45) is 1.53. The molecule has 186 valence electrons. The summed E-state index contributed by atoms with van der Waals surface area (Å²) in [5, 5.41) is 4.89. The summed E-state index contributed by atoms with van der Waals surface area (Å²) in [5.41, 5.74) is 1.48. The van der Waals surface area contributed by atoms with Gasteiger partial charge >= 0.3 is 0 Å². The highest BCUT2D eigenvalue weighted by Crippen LogP contribution is 2.25. The highest BCUT2D eigenvalue weighted by molar-refractivity contribution is 6.30. The maximum Gasteiger partial charge on any atom is 0.267 e. The number of nitrogens with zero attached hydrogens (tertiary/aromatic N) is 4. The van der Waals surface area contributed by atoms with E-state index in [0.29, 0.717) is 22.0 Å². The van der Waals surface area contributed by atoms with E-state index in [0.717, 1.165) is 18.2 Å². The van der Waals surface area contributed by atoms with Crippen LogP contribution in [0.1, 0.15) is 21.7 Å². The van der Waals surface area contributed by atoms with Gasteiger partial charge in [0.2, 0.25) is 0 Å². The highest BCUT2D eigenvalue weighted by atomic mass is 35.5. The Morgan fingerprint density at radius 3 is 2.57 bits per heavy atom. The number of ether oxygens (including phenoxy) is 1. The Bertz CT molecular complexity index is 1730. The molecule has 0 saturated heterocycles. The Labute approximate surface area is 214 Å². The fourth-order valence-electron chi connectivity index (χ4n) is 4.00. The zero-order chi connectivity index (χ0) is 26.3. The number of rotatable bonds is 6. The SMILES string of the molecule is Cc1nc2c(OCC(=O)c3ccc(Cl)cc3)cccn2c(=O)c1-c1cc(C)n(-c2cc(F)ccc2F)n1. The van der Waals surface area contributed by atoms with Crippen LogP contribution in [0.15, 0.2) is 71.7 Å². The first kappa shape index (κ1) is 24.3. The minimum Gasteiger partial charge on any atom is -0.482 e. The summed E-state index contributed by atoms with van der Waals surface area (Å²) in [7, 11) is 0. The molecule has 0 N–H and O–H groups in total. The van der Waals surface area contributed by atoms with Crippen LogP contribution < -0.4 is 10.3 Å². The van der Waals surface area contributed by atoms with Crippen LogP contribution in [0.5, 0.6) is 5.75 Å². The predicted molar refractivity (Wildman–Crippen MR) is 135 cm³/mol. The molecule has 0 unspecified atom stereocenters. The molecule has 3 heterocycles. The van der Waals surface area contributed by atoms with Crippen molar-refractivity contribution >= 4 is 23.0 Å².